The predicted octanol–water partition coefficient (Wildman–Crippen LogP) is 2.67. The van der Waals surface area contributed by atoms with Crippen LogP contribution in [0.4, 0.5) is 0 Å². The van der Waals surface area contributed by atoms with Crippen LogP contribution >= 0.6 is 11.6 Å². The fourth-order valence-electron chi connectivity index (χ4n) is 3.27. The smallest absolute Gasteiger partial charge is 0.169 e. The van der Waals surface area contributed by atoms with Crippen LogP contribution in [0.1, 0.15) is 30.4 Å². The Hall–Kier alpha value is -0.610. The first-order valence-corrected chi connectivity index (χ1v) is 7.27. The van der Waals surface area contributed by atoms with Gasteiger partial charge >= 0.3 is 0 Å². The van der Waals surface area contributed by atoms with Gasteiger partial charge in [-0.15, -0.1) is 0 Å². The van der Waals surface area contributed by atoms with Crippen molar-refractivity contribution in [2.75, 3.05) is 19.8 Å². The van der Waals surface area contributed by atoms with E-state index in [1.165, 1.54) is 5.56 Å². The number of aryl methyl sites for hydroxylation is 1. The van der Waals surface area contributed by atoms with E-state index in [0.717, 1.165) is 36.3 Å². The quantitative estimate of drug-likeness (QED) is 0.906. The molecular weight excluding hydrogens is 264 g/mol. The Balaban J connectivity index is 2.02. The number of benzene rings is 1. The average molecular weight is 283 g/mol. The van der Waals surface area contributed by atoms with Gasteiger partial charge in [-0.2, -0.15) is 0 Å². The summed E-state index contributed by atoms with van der Waals surface area (Å²) in [6.45, 7) is 1.46. The Morgan fingerprint density at radius 2 is 2.05 bits per heavy atom. The molecule has 1 aliphatic carbocycles. The molecule has 0 radical (unpaired) electrons. The van der Waals surface area contributed by atoms with Gasteiger partial charge in [0.2, 0.25) is 0 Å². The monoisotopic (exact) mass is 282 g/mol. The van der Waals surface area contributed by atoms with Crippen LogP contribution in [-0.4, -0.2) is 31.2 Å². The summed E-state index contributed by atoms with van der Waals surface area (Å²) in [5.74, 6) is 0. The van der Waals surface area contributed by atoms with Gasteiger partial charge in [-0.3, -0.25) is 0 Å². The van der Waals surface area contributed by atoms with Crippen LogP contribution in [0.5, 0.6) is 0 Å². The SMILES string of the molecule is OC[C@@]1(C2OCCCO2)CCCc2cc(Cl)ccc21. The molecule has 1 aromatic carbocycles. The minimum atomic E-state index is -0.432. The maximum atomic E-state index is 10.0. The molecule has 0 unspecified atom stereocenters. The molecule has 1 aromatic rings. The molecule has 4 heteroatoms. The summed E-state index contributed by atoms with van der Waals surface area (Å²) in [4.78, 5) is 0. The van der Waals surface area contributed by atoms with Gasteiger partial charge in [-0.1, -0.05) is 17.7 Å². The van der Waals surface area contributed by atoms with Crippen molar-refractivity contribution in [1.29, 1.82) is 0 Å². The van der Waals surface area contributed by atoms with Gasteiger partial charge in [-0.25, -0.2) is 0 Å². The van der Waals surface area contributed by atoms with E-state index in [1.54, 1.807) is 0 Å². The second-order valence-electron chi connectivity index (χ2n) is 5.40. The van der Waals surface area contributed by atoms with Gasteiger partial charge in [0.15, 0.2) is 6.29 Å². The van der Waals surface area contributed by atoms with E-state index in [0.29, 0.717) is 13.2 Å². The third kappa shape index (κ3) is 2.29. The van der Waals surface area contributed by atoms with Crippen molar-refractivity contribution in [3.63, 3.8) is 0 Å². The normalized spacial score (nSPS) is 28.1. The molecule has 3 nitrogen and oxygen atoms in total. The molecule has 1 fully saturated rings. The van der Waals surface area contributed by atoms with Gasteiger partial charge in [-0.05, 0) is 48.9 Å². The molecule has 2 aliphatic rings. The summed E-state index contributed by atoms with van der Waals surface area (Å²) in [5.41, 5.74) is 1.92. The Bertz CT molecular complexity index is 457. The van der Waals surface area contributed by atoms with Crippen LogP contribution in [0.15, 0.2) is 18.2 Å². The summed E-state index contributed by atoms with van der Waals surface area (Å²) in [5, 5.41) is 10.8. The Morgan fingerprint density at radius 3 is 2.79 bits per heavy atom. The molecule has 19 heavy (non-hydrogen) atoms. The van der Waals surface area contributed by atoms with Crippen molar-refractivity contribution >= 4 is 11.6 Å². The second kappa shape index (κ2) is 5.41. The van der Waals surface area contributed by atoms with Crippen LogP contribution in [-0.2, 0) is 21.3 Å². The summed E-state index contributed by atoms with van der Waals surface area (Å²) in [6.07, 6.45) is 3.50. The topological polar surface area (TPSA) is 38.7 Å². The van der Waals surface area contributed by atoms with Crippen molar-refractivity contribution in [2.45, 2.75) is 37.4 Å². The molecule has 0 bridgehead atoms. The lowest BCUT2D eigenvalue weighted by Crippen LogP contribution is -2.50. The van der Waals surface area contributed by atoms with Gasteiger partial charge in [0, 0.05) is 5.02 Å². The molecule has 1 N–H and O–H groups in total. The number of hydrogen-bond acceptors (Lipinski definition) is 3. The third-order valence-electron chi connectivity index (χ3n) is 4.23. The lowest BCUT2D eigenvalue weighted by Gasteiger charge is -2.44. The van der Waals surface area contributed by atoms with Crippen LogP contribution in [0.3, 0.4) is 0 Å². The number of aliphatic hydroxyl groups excluding tert-OH is 1. The Kier molecular flexibility index (Phi) is 3.81. The number of halogens is 1. The van der Waals surface area contributed by atoms with E-state index in [1.807, 2.05) is 18.2 Å². The number of aliphatic hydroxyl groups is 1. The zero-order valence-electron chi connectivity index (χ0n) is 10.9. The van der Waals surface area contributed by atoms with Crippen molar-refractivity contribution in [2.24, 2.45) is 0 Å². The highest BCUT2D eigenvalue weighted by atomic mass is 35.5. The van der Waals surface area contributed by atoms with Crippen LogP contribution in [0, 0.1) is 0 Å². The van der Waals surface area contributed by atoms with Gasteiger partial charge < -0.3 is 14.6 Å². The third-order valence-corrected chi connectivity index (χ3v) is 4.47. The molecule has 0 amide bonds. The Labute approximate surface area is 118 Å². The number of hydrogen-bond donors (Lipinski definition) is 1. The van der Waals surface area contributed by atoms with Gasteiger partial charge in [0.05, 0.1) is 25.2 Å². The van der Waals surface area contributed by atoms with E-state index in [-0.39, 0.29) is 12.9 Å². The van der Waals surface area contributed by atoms with E-state index < -0.39 is 5.41 Å². The molecule has 1 saturated heterocycles. The van der Waals surface area contributed by atoms with Crippen LogP contribution < -0.4 is 0 Å². The van der Waals surface area contributed by atoms with Gasteiger partial charge in [0.1, 0.15) is 0 Å². The number of ether oxygens (including phenoxy) is 2. The molecule has 1 atom stereocenters. The highest BCUT2D eigenvalue weighted by Gasteiger charge is 2.45. The van der Waals surface area contributed by atoms with Crippen molar-refractivity contribution in [3.05, 3.63) is 34.3 Å². The van der Waals surface area contributed by atoms with Crippen molar-refractivity contribution < 1.29 is 14.6 Å². The summed E-state index contributed by atoms with van der Waals surface area (Å²) >= 11 is 6.07. The molecule has 1 heterocycles. The average Bonchev–Trinajstić information content (AvgIpc) is 2.47. The van der Waals surface area contributed by atoms with E-state index in [9.17, 15) is 5.11 Å². The molecular formula is C15H19ClO3. The van der Waals surface area contributed by atoms with Crippen molar-refractivity contribution in [1.82, 2.24) is 0 Å². The fourth-order valence-corrected chi connectivity index (χ4v) is 3.47. The van der Waals surface area contributed by atoms with Gasteiger partial charge in [0.25, 0.3) is 0 Å². The molecule has 1 aliphatic heterocycles. The van der Waals surface area contributed by atoms with E-state index in [4.69, 9.17) is 21.1 Å². The van der Waals surface area contributed by atoms with E-state index in [2.05, 4.69) is 0 Å². The Morgan fingerprint density at radius 1 is 1.26 bits per heavy atom. The van der Waals surface area contributed by atoms with Crippen molar-refractivity contribution in [3.8, 4) is 0 Å². The standard InChI is InChI=1S/C15H19ClO3/c16-12-4-5-13-11(9-12)3-1-6-15(13,10-17)14-18-7-2-8-19-14/h4-5,9,14,17H,1-3,6-8,10H2/t15-/m0/s1. The maximum Gasteiger partial charge on any atom is 0.169 e. The number of rotatable bonds is 2. The molecule has 0 spiro atoms. The first-order chi connectivity index (χ1) is 9.26. The van der Waals surface area contributed by atoms with Crippen LogP contribution in [0.2, 0.25) is 5.02 Å². The number of fused-ring (bicyclic) bond motifs is 1. The molecule has 3 rings (SSSR count). The first-order valence-electron chi connectivity index (χ1n) is 6.89. The highest BCUT2D eigenvalue weighted by molar-refractivity contribution is 6.30. The molecule has 0 saturated carbocycles. The first kappa shape index (κ1) is 13.4. The molecule has 0 aromatic heterocycles. The lowest BCUT2D eigenvalue weighted by molar-refractivity contribution is -0.224. The zero-order valence-corrected chi connectivity index (χ0v) is 11.7. The fraction of sp³-hybridized carbons (Fsp3) is 0.600. The maximum absolute atomic E-state index is 10.0. The lowest BCUT2D eigenvalue weighted by atomic mass is 9.69. The van der Waals surface area contributed by atoms with Crippen LogP contribution in [0.25, 0.3) is 0 Å². The highest BCUT2D eigenvalue weighted by Crippen LogP contribution is 2.42. The summed E-state index contributed by atoms with van der Waals surface area (Å²) in [6, 6.07) is 5.91. The minimum Gasteiger partial charge on any atom is -0.395 e. The summed E-state index contributed by atoms with van der Waals surface area (Å²) in [7, 11) is 0. The second-order valence-corrected chi connectivity index (χ2v) is 5.83. The predicted molar refractivity (Wildman–Crippen MR) is 73.5 cm³/mol. The zero-order chi connectivity index (χ0) is 13.3. The largest absolute Gasteiger partial charge is 0.395 e. The summed E-state index contributed by atoms with van der Waals surface area (Å²) < 4.78 is 11.6. The molecule has 104 valence electrons. The van der Waals surface area contributed by atoms with E-state index >= 15 is 0 Å². The minimum absolute atomic E-state index is 0.0479.